The molecule has 2 aromatic rings. The van der Waals surface area contributed by atoms with E-state index in [-0.39, 0.29) is 12.5 Å². The topological polar surface area (TPSA) is 104 Å². The summed E-state index contributed by atoms with van der Waals surface area (Å²) in [6.45, 7) is 5.00. The zero-order valence-electron chi connectivity index (χ0n) is 11.7. The van der Waals surface area contributed by atoms with E-state index >= 15 is 0 Å². The summed E-state index contributed by atoms with van der Waals surface area (Å²) in [4.78, 5) is 11.0. The SMILES string of the molecule is CC(C)n1ccc(Cn2cc(CNC(=O)CN)nn2)n1. The van der Waals surface area contributed by atoms with Crippen LogP contribution in [0.15, 0.2) is 18.5 Å². The highest BCUT2D eigenvalue weighted by Crippen LogP contribution is 2.05. The molecule has 8 nitrogen and oxygen atoms in total. The fourth-order valence-electron chi connectivity index (χ4n) is 1.67. The Hall–Kier alpha value is -2.22. The van der Waals surface area contributed by atoms with Gasteiger partial charge in [0.25, 0.3) is 0 Å². The van der Waals surface area contributed by atoms with Crippen LogP contribution in [0.3, 0.4) is 0 Å². The number of amides is 1. The van der Waals surface area contributed by atoms with Crippen molar-refractivity contribution in [2.24, 2.45) is 5.73 Å². The number of carbonyl (C=O) groups excluding carboxylic acids is 1. The molecule has 0 spiro atoms. The standard InChI is InChI=1S/C12H19N7O/c1-9(2)19-4-3-10(16-19)7-18-8-11(15-17-18)6-14-12(20)5-13/h3-4,8-9H,5-7,13H2,1-2H3,(H,14,20). The van der Waals surface area contributed by atoms with Crippen LogP contribution in [0, 0.1) is 0 Å². The summed E-state index contributed by atoms with van der Waals surface area (Å²) in [5, 5.41) is 15.1. The molecular weight excluding hydrogens is 258 g/mol. The number of nitrogens with two attached hydrogens (primary N) is 1. The summed E-state index contributed by atoms with van der Waals surface area (Å²) in [5.41, 5.74) is 6.81. The first-order valence-corrected chi connectivity index (χ1v) is 6.48. The number of rotatable bonds is 6. The third-order valence-corrected chi connectivity index (χ3v) is 2.75. The molecule has 2 rings (SSSR count). The van der Waals surface area contributed by atoms with E-state index in [1.165, 1.54) is 0 Å². The summed E-state index contributed by atoms with van der Waals surface area (Å²) < 4.78 is 3.59. The summed E-state index contributed by atoms with van der Waals surface area (Å²) in [6.07, 6.45) is 3.73. The van der Waals surface area contributed by atoms with Gasteiger partial charge in [-0.1, -0.05) is 5.21 Å². The summed E-state index contributed by atoms with van der Waals surface area (Å²) in [7, 11) is 0. The van der Waals surface area contributed by atoms with Gasteiger partial charge in [-0.2, -0.15) is 5.10 Å². The molecule has 0 aliphatic heterocycles. The predicted molar refractivity (Wildman–Crippen MR) is 72.6 cm³/mol. The zero-order chi connectivity index (χ0) is 14.5. The van der Waals surface area contributed by atoms with Crippen molar-refractivity contribution in [3.05, 3.63) is 29.8 Å². The second-order valence-corrected chi connectivity index (χ2v) is 4.77. The summed E-state index contributed by atoms with van der Waals surface area (Å²) >= 11 is 0. The monoisotopic (exact) mass is 277 g/mol. The maximum absolute atomic E-state index is 11.0. The number of hydrogen-bond donors (Lipinski definition) is 2. The van der Waals surface area contributed by atoms with Gasteiger partial charge in [0.1, 0.15) is 5.69 Å². The van der Waals surface area contributed by atoms with Crippen molar-refractivity contribution in [1.82, 2.24) is 30.1 Å². The number of hydrogen-bond acceptors (Lipinski definition) is 5. The van der Waals surface area contributed by atoms with Crippen molar-refractivity contribution in [1.29, 1.82) is 0 Å². The van der Waals surface area contributed by atoms with Crippen LogP contribution in [-0.2, 0) is 17.9 Å². The van der Waals surface area contributed by atoms with Crippen LogP contribution in [0.25, 0.3) is 0 Å². The quantitative estimate of drug-likeness (QED) is 0.753. The maximum atomic E-state index is 11.0. The minimum atomic E-state index is -0.213. The lowest BCUT2D eigenvalue weighted by Crippen LogP contribution is -2.29. The van der Waals surface area contributed by atoms with Gasteiger partial charge in [0, 0.05) is 12.2 Å². The molecule has 0 saturated carbocycles. The Bertz CT molecular complexity index is 572. The van der Waals surface area contributed by atoms with Gasteiger partial charge < -0.3 is 11.1 Å². The van der Waals surface area contributed by atoms with Crippen LogP contribution in [0.5, 0.6) is 0 Å². The van der Waals surface area contributed by atoms with Crippen LogP contribution >= 0.6 is 0 Å². The van der Waals surface area contributed by atoms with Crippen molar-refractivity contribution in [3.8, 4) is 0 Å². The maximum Gasteiger partial charge on any atom is 0.234 e. The lowest BCUT2D eigenvalue weighted by molar-refractivity contribution is -0.119. The fraction of sp³-hybridized carbons (Fsp3) is 0.500. The van der Waals surface area contributed by atoms with E-state index in [4.69, 9.17) is 5.73 Å². The summed E-state index contributed by atoms with van der Waals surface area (Å²) in [6, 6.07) is 2.29. The van der Waals surface area contributed by atoms with Crippen LogP contribution in [0.1, 0.15) is 31.3 Å². The van der Waals surface area contributed by atoms with E-state index < -0.39 is 0 Å². The zero-order valence-corrected chi connectivity index (χ0v) is 11.7. The third kappa shape index (κ3) is 3.64. The number of nitrogens with zero attached hydrogens (tertiary/aromatic N) is 5. The Labute approximate surface area is 116 Å². The number of aromatic nitrogens is 5. The fourth-order valence-corrected chi connectivity index (χ4v) is 1.67. The lowest BCUT2D eigenvalue weighted by Gasteiger charge is -2.03. The van der Waals surface area contributed by atoms with E-state index in [1.807, 2.05) is 16.9 Å². The minimum absolute atomic E-state index is 0.0270. The van der Waals surface area contributed by atoms with E-state index in [9.17, 15) is 4.79 Å². The van der Waals surface area contributed by atoms with Crippen molar-refractivity contribution in [2.75, 3.05) is 6.54 Å². The predicted octanol–water partition coefficient (Wildman–Crippen LogP) is -0.321. The van der Waals surface area contributed by atoms with Gasteiger partial charge in [0.15, 0.2) is 0 Å². The molecule has 0 aromatic carbocycles. The van der Waals surface area contributed by atoms with Crippen LogP contribution in [0.4, 0.5) is 0 Å². The average Bonchev–Trinajstić information content (AvgIpc) is 3.06. The average molecular weight is 277 g/mol. The van der Waals surface area contributed by atoms with Gasteiger partial charge in [-0.25, -0.2) is 4.68 Å². The Morgan fingerprint density at radius 1 is 1.45 bits per heavy atom. The molecule has 0 fully saturated rings. The second-order valence-electron chi connectivity index (χ2n) is 4.77. The molecule has 0 atom stereocenters. The highest BCUT2D eigenvalue weighted by Gasteiger charge is 2.06. The first-order valence-electron chi connectivity index (χ1n) is 6.48. The molecule has 108 valence electrons. The minimum Gasteiger partial charge on any atom is -0.349 e. The van der Waals surface area contributed by atoms with Crippen molar-refractivity contribution in [3.63, 3.8) is 0 Å². The Morgan fingerprint density at radius 3 is 2.90 bits per heavy atom. The molecule has 3 N–H and O–H groups in total. The Morgan fingerprint density at radius 2 is 2.25 bits per heavy atom. The van der Waals surface area contributed by atoms with Gasteiger partial charge in [-0.05, 0) is 19.9 Å². The van der Waals surface area contributed by atoms with Gasteiger partial charge in [-0.3, -0.25) is 9.48 Å². The molecule has 0 aliphatic rings. The van der Waals surface area contributed by atoms with Gasteiger partial charge in [-0.15, -0.1) is 5.10 Å². The molecule has 0 unspecified atom stereocenters. The van der Waals surface area contributed by atoms with Crippen molar-refractivity contribution in [2.45, 2.75) is 33.0 Å². The second kappa shape index (κ2) is 6.29. The lowest BCUT2D eigenvalue weighted by atomic mass is 10.4. The molecule has 2 heterocycles. The smallest absolute Gasteiger partial charge is 0.234 e. The number of carbonyl (C=O) groups is 1. The van der Waals surface area contributed by atoms with Crippen LogP contribution in [0.2, 0.25) is 0 Å². The molecule has 0 aliphatic carbocycles. The van der Waals surface area contributed by atoms with Gasteiger partial charge >= 0.3 is 0 Å². The van der Waals surface area contributed by atoms with E-state index in [0.29, 0.717) is 24.8 Å². The largest absolute Gasteiger partial charge is 0.349 e. The van der Waals surface area contributed by atoms with Crippen LogP contribution < -0.4 is 11.1 Å². The summed E-state index contributed by atoms with van der Waals surface area (Å²) in [5.74, 6) is -0.213. The third-order valence-electron chi connectivity index (χ3n) is 2.75. The van der Waals surface area contributed by atoms with E-state index in [2.05, 4.69) is 34.6 Å². The first kappa shape index (κ1) is 14.2. The van der Waals surface area contributed by atoms with Gasteiger partial charge in [0.05, 0.1) is 31.5 Å². The highest BCUT2D eigenvalue weighted by atomic mass is 16.1. The molecule has 0 bridgehead atoms. The normalized spacial score (nSPS) is 11.0. The Kier molecular flexibility index (Phi) is 4.46. The Balaban J connectivity index is 1.93. The molecule has 20 heavy (non-hydrogen) atoms. The van der Waals surface area contributed by atoms with E-state index in [1.54, 1.807) is 10.9 Å². The van der Waals surface area contributed by atoms with Crippen molar-refractivity contribution < 1.29 is 4.79 Å². The molecule has 2 aromatic heterocycles. The first-order chi connectivity index (χ1) is 9.58. The van der Waals surface area contributed by atoms with E-state index in [0.717, 1.165) is 5.69 Å². The van der Waals surface area contributed by atoms with Gasteiger partial charge in [0.2, 0.25) is 5.91 Å². The molecule has 0 saturated heterocycles. The highest BCUT2D eigenvalue weighted by molar-refractivity contribution is 5.77. The molecular formula is C12H19N7O. The number of nitrogens with one attached hydrogen (secondary N) is 1. The molecule has 0 radical (unpaired) electrons. The van der Waals surface area contributed by atoms with Crippen LogP contribution in [-0.4, -0.2) is 37.2 Å². The molecule has 8 heteroatoms. The molecule has 1 amide bonds. The van der Waals surface area contributed by atoms with Crippen molar-refractivity contribution >= 4 is 5.91 Å².